The van der Waals surface area contributed by atoms with Crippen molar-refractivity contribution >= 4 is 22.6 Å². The van der Waals surface area contributed by atoms with E-state index < -0.39 is 0 Å². The highest BCUT2D eigenvalue weighted by Gasteiger charge is 2.22. The lowest BCUT2D eigenvalue weighted by Crippen LogP contribution is -2.05. The van der Waals surface area contributed by atoms with Crippen LogP contribution in [0.5, 0.6) is 0 Å². The summed E-state index contributed by atoms with van der Waals surface area (Å²) in [6.45, 7) is 5.07. The van der Waals surface area contributed by atoms with Gasteiger partial charge in [-0.15, -0.1) is 0 Å². The number of aromatic nitrogens is 4. The zero-order chi connectivity index (χ0) is 17.6. The number of benzene rings is 1. The first-order chi connectivity index (χ1) is 12.0. The summed E-state index contributed by atoms with van der Waals surface area (Å²) < 4.78 is 18.3. The highest BCUT2D eigenvalue weighted by atomic mass is 127. The molecule has 0 amide bonds. The van der Waals surface area contributed by atoms with Crippen LogP contribution in [0.25, 0.3) is 5.69 Å². The van der Waals surface area contributed by atoms with Gasteiger partial charge in [-0.05, 0) is 85.0 Å². The summed E-state index contributed by atoms with van der Waals surface area (Å²) in [6, 6.07) is 6.90. The van der Waals surface area contributed by atoms with E-state index in [0.717, 1.165) is 45.2 Å². The molecule has 1 fully saturated rings. The summed E-state index contributed by atoms with van der Waals surface area (Å²) in [5.41, 5.74) is 5.25. The second kappa shape index (κ2) is 6.55. The second-order valence-corrected chi connectivity index (χ2v) is 8.03. The monoisotopic (exact) mass is 450 g/mol. The Hall–Kier alpha value is -1.70. The fraction of sp³-hybridized carbons (Fsp3) is 0.368. The molecular formula is C19H20FIN4. The van der Waals surface area contributed by atoms with Crippen LogP contribution in [0.1, 0.15) is 35.5 Å². The van der Waals surface area contributed by atoms with Crippen LogP contribution in [0.4, 0.5) is 4.39 Å². The number of halogens is 2. The third-order valence-electron chi connectivity index (χ3n) is 4.60. The smallest absolute Gasteiger partial charge is 0.124 e. The Morgan fingerprint density at radius 3 is 2.72 bits per heavy atom. The van der Waals surface area contributed by atoms with E-state index in [4.69, 9.17) is 0 Å². The van der Waals surface area contributed by atoms with Gasteiger partial charge in [0.25, 0.3) is 0 Å². The Morgan fingerprint density at radius 2 is 2.00 bits per heavy atom. The van der Waals surface area contributed by atoms with Crippen molar-refractivity contribution in [3.8, 4) is 5.69 Å². The number of rotatable bonds is 5. The van der Waals surface area contributed by atoms with Crippen LogP contribution < -0.4 is 0 Å². The molecule has 0 atom stereocenters. The Labute approximate surface area is 160 Å². The topological polar surface area (TPSA) is 35.6 Å². The van der Waals surface area contributed by atoms with Gasteiger partial charge >= 0.3 is 0 Å². The summed E-state index contributed by atoms with van der Waals surface area (Å²) in [5, 5.41) is 9.29. The lowest BCUT2D eigenvalue weighted by Gasteiger charge is -2.09. The molecule has 0 spiro atoms. The highest BCUT2D eigenvalue weighted by Crippen LogP contribution is 2.30. The molecule has 1 saturated carbocycles. The van der Waals surface area contributed by atoms with Gasteiger partial charge in [-0.3, -0.25) is 4.68 Å². The van der Waals surface area contributed by atoms with Gasteiger partial charge in [0.05, 0.1) is 17.1 Å². The molecule has 1 aliphatic rings. The van der Waals surface area contributed by atoms with E-state index in [2.05, 4.69) is 56.7 Å². The maximum atomic E-state index is 13.4. The quantitative estimate of drug-likeness (QED) is 0.540. The molecule has 0 saturated heterocycles. The Morgan fingerprint density at radius 1 is 1.20 bits per heavy atom. The molecule has 0 unspecified atom stereocenters. The van der Waals surface area contributed by atoms with Crippen molar-refractivity contribution in [3.05, 3.63) is 62.5 Å². The maximum Gasteiger partial charge on any atom is 0.124 e. The molecule has 1 aromatic carbocycles. The van der Waals surface area contributed by atoms with E-state index in [1.165, 1.54) is 30.5 Å². The van der Waals surface area contributed by atoms with E-state index in [9.17, 15) is 4.39 Å². The molecule has 130 valence electrons. The third-order valence-corrected chi connectivity index (χ3v) is 5.47. The molecular weight excluding hydrogens is 430 g/mol. The molecule has 0 aliphatic heterocycles. The standard InChI is InChI=1S/C19H20FIN4/c1-12-7-17(25(22-12)19-6-5-16(20)9-18(19)21)8-15-11-24(23-13(15)2)10-14-3-4-14/h5-7,9,11,14H,3-4,8,10H2,1-2H3. The van der Waals surface area contributed by atoms with E-state index in [0.29, 0.717) is 0 Å². The largest absolute Gasteiger partial charge is 0.272 e. The van der Waals surface area contributed by atoms with Gasteiger partial charge in [0.2, 0.25) is 0 Å². The molecule has 3 aromatic rings. The summed E-state index contributed by atoms with van der Waals surface area (Å²) in [7, 11) is 0. The predicted octanol–water partition coefficient (Wildman–Crippen LogP) is 4.43. The van der Waals surface area contributed by atoms with Crippen molar-refractivity contribution in [1.29, 1.82) is 0 Å². The van der Waals surface area contributed by atoms with E-state index >= 15 is 0 Å². The summed E-state index contributed by atoms with van der Waals surface area (Å²) in [6.07, 6.45) is 5.58. The van der Waals surface area contributed by atoms with Gasteiger partial charge in [0.15, 0.2) is 0 Å². The SMILES string of the molecule is Cc1cc(Cc2cn(CC3CC3)nc2C)n(-c2ccc(F)cc2I)n1. The highest BCUT2D eigenvalue weighted by molar-refractivity contribution is 14.1. The van der Waals surface area contributed by atoms with Crippen LogP contribution in [0.3, 0.4) is 0 Å². The molecule has 2 aromatic heterocycles. The van der Waals surface area contributed by atoms with Gasteiger partial charge in [-0.25, -0.2) is 9.07 Å². The zero-order valence-electron chi connectivity index (χ0n) is 14.3. The van der Waals surface area contributed by atoms with Crippen LogP contribution in [-0.2, 0) is 13.0 Å². The van der Waals surface area contributed by atoms with E-state index in [1.807, 2.05) is 11.6 Å². The predicted molar refractivity (Wildman–Crippen MR) is 103 cm³/mol. The lowest BCUT2D eigenvalue weighted by atomic mass is 10.1. The molecule has 0 radical (unpaired) electrons. The first-order valence-electron chi connectivity index (χ1n) is 8.53. The van der Waals surface area contributed by atoms with Crippen molar-refractivity contribution < 1.29 is 4.39 Å². The minimum Gasteiger partial charge on any atom is -0.272 e. The summed E-state index contributed by atoms with van der Waals surface area (Å²) in [4.78, 5) is 0. The Bertz CT molecular complexity index is 924. The van der Waals surface area contributed by atoms with Crippen molar-refractivity contribution in [2.45, 2.75) is 39.7 Å². The van der Waals surface area contributed by atoms with Crippen LogP contribution in [0.2, 0.25) is 0 Å². The first kappa shape index (κ1) is 16.8. The van der Waals surface area contributed by atoms with Crippen molar-refractivity contribution in [2.24, 2.45) is 5.92 Å². The molecule has 4 nitrogen and oxygen atoms in total. The lowest BCUT2D eigenvalue weighted by molar-refractivity contribution is 0.559. The van der Waals surface area contributed by atoms with Crippen molar-refractivity contribution in [2.75, 3.05) is 0 Å². The van der Waals surface area contributed by atoms with Crippen LogP contribution >= 0.6 is 22.6 Å². The van der Waals surface area contributed by atoms with Crippen molar-refractivity contribution in [3.63, 3.8) is 0 Å². The number of hydrogen-bond donors (Lipinski definition) is 0. The van der Waals surface area contributed by atoms with Gasteiger partial charge in [-0.2, -0.15) is 10.2 Å². The number of aryl methyl sites for hydroxylation is 2. The minimum absolute atomic E-state index is 0.226. The molecule has 1 aliphatic carbocycles. The number of nitrogens with zero attached hydrogens (tertiary/aromatic N) is 4. The van der Waals surface area contributed by atoms with Crippen LogP contribution in [0, 0.1) is 29.2 Å². The number of hydrogen-bond acceptors (Lipinski definition) is 2. The minimum atomic E-state index is -0.226. The second-order valence-electron chi connectivity index (χ2n) is 6.87. The van der Waals surface area contributed by atoms with Gasteiger partial charge < -0.3 is 0 Å². The Kier molecular flexibility index (Phi) is 4.39. The Balaban J connectivity index is 1.66. The summed E-state index contributed by atoms with van der Waals surface area (Å²) in [5.74, 6) is 0.580. The third kappa shape index (κ3) is 3.63. The van der Waals surface area contributed by atoms with E-state index in [-0.39, 0.29) is 5.82 Å². The van der Waals surface area contributed by atoms with Gasteiger partial charge in [0.1, 0.15) is 5.82 Å². The van der Waals surface area contributed by atoms with Crippen molar-refractivity contribution in [1.82, 2.24) is 19.6 Å². The van der Waals surface area contributed by atoms with E-state index in [1.54, 1.807) is 6.07 Å². The zero-order valence-corrected chi connectivity index (χ0v) is 16.5. The molecule has 25 heavy (non-hydrogen) atoms. The molecule has 2 heterocycles. The van der Waals surface area contributed by atoms with Gasteiger partial charge in [0, 0.05) is 28.4 Å². The average Bonchev–Trinajstić information content (AvgIpc) is 3.19. The van der Waals surface area contributed by atoms with Crippen LogP contribution in [0.15, 0.2) is 30.5 Å². The normalized spacial score (nSPS) is 14.2. The fourth-order valence-electron chi connectivity index (χ4n) is 3.13. The molecule has 0 N–H and O–H groups in total. The van der Waals surface area contributed by atoms with Gasteiger partial charge in [-0.1, -0.05) is 0 Å². The fourth-order valence-corrected chi connectivity index (χ4v) is 3.83. The maximum absolute atomic E-state index is 13.4. The average molecular weight is 450 g/mol. The molecule has 0 bridgehead atoms. The van der Waals surface area contributed by atoms with Crippen LogP contribution in [-0.4, -0.2) is 19.6 Å². The first-order valence-corrected chi connectivity index (χ1v) is 9.61. The summed E-state index contributed by atoms with van der Waals surface area (Å²) >= 11 is 2.16. The molecule has 4 rings (SSSR count). The molecule has 6 heteroatoms.